The average molecular weight is 262 g/mol. The second-order valence-corrected chi connectivity index (χ2v) is 3.86. The molecule has 0 aromatic carbocycles. The van der Waals surface area contributed by atoms with Crippen molar-refractivity contribution >= 4 is 21.8 Å². The number of amides is 1. The number of halogens is 1. The maximum atomic E-state index is 11.7. The van der Waals surface area contributed by atoms with Gasteiger partial charge >= 0.3 is 0 Å². The van der Waals surface area contributed by atoms with Gasteiger partial charge in [0.2, 0.25) is 0 Å². The van der Waals surface area contributed by atoms with Gasteiger partial charge in [0.15, 0.2) is 4.67 Å². The zero-order chi connectivity index (χ0) is 10.7. The van der Waals surface area contributed by atoms with Crippen molar-refractivity contribution in [3.05, 3.63) is 22.6 Å². The molecule has 0 spiro atoms. The highest BCUT2D eigenvalue weighted by molar-refractivity contribution is 9.10. The Morgan fingerprint density at radius 2 is 2.43 bits per heavy atom. The summed E-state index contributed by atoms with van der Waals surface area (Å²) < 4.78 is 5.36. The Morgan fingerprint density at radius 1 is 1.79 bits per heavy atom. The first-order valence-electron chi connectivity index (χ1n) is 4.19. The summed E-state index contributed by atoms with van der Waals surface area (Å²) >= 11 is 3.12. The fourth-order valence-corrected chi connectivity index (χ4v) is 1.54. The molecule has 0 aliphatic carbocycles. The van der Waals surface area contributed by atoms with E-state index in [1.54, 1.807) is 20.0 Å². The number of carbonyl (C=O) groups excluding carboxylic acids is 1. The SMILES string of the molecule is CC(O)CN(C)C(=O)c1ccoc1Br. The lowest BCUT2D eigenvalue weighted by Gasteiger charge is -2.17. The third-order valence-electron chi connectivity index (χ3n) is 1.73. The third-order valence-corrected chi connectivity index (χ3v) is 2.35. The van der Waals surface area contributed by atoms with Crippen molar-refractivity contribution in [3.63, 3.8) is 0 Å². The van der Waals surface area contributed by atoms with Gasteiger partial charge in [0, 0.05) is 13.6 Å². The third kappa shape index (κ3) is 2.59. The van der Waals surface area contributed by atoms with Crippen LogP contribution in [-0.4, -0.2) is 35.6 Å². The largest absolute Gasteiger partial charge is 0.457 e. The van der Waals surface area contributed by atoms with Crippen molar-refractivity contribution in [3.8, 4) is 0 Å². The summed E-state index contributed by atoms with van der Waals surface area (Å²) in [5, 5.41) is 9.11. The highest BCUT2D eigenvalue weighted by Crippen LogP contribution is 2.18. The van der Waals surface area contributed by atoms with Crippen molar-refractivity contribution in [2.75, 3.05) is 13.6 Å². The first-order chi connectivity index (χ1) is 6.52. The second kappa shape index (κ2) is 4.61. The predicted octanol–water partition coefficient (Wildman–Crippen LogP) is 1.49. The zero-order valence-corrected chi connectivity index (χ0v) is 9.61. The summed E-state index contributed by atoms with van der Waals surface area (Å²) in [5.74, 6) is -0.175. The van der Waals surface area contributed by atoms with E-state index < -0.39 is 6.10 Å². The standard InChI is InChI=1S/C9H12BrNO3/c1-6(12)5-11(2)9(13)7-3-4-14-8(7)10/h3-4,6,12H,5H2,1-2H3. The van der Waals surface area contributed by atoms with Gasteiger partial charge in [0.05, 0.1) is 17.9 Å². The minimum absolute atomic E-state index is 0.175. The van der Waals surface area contributed by atoms with E-state index in [9.17, 15) is 4.79 Å². The molecule has 0 saturated carbocycles. The average Bonchev–Trinajstić information content (AvgIpc) is 2.48. The Kier molecular flexibility index (Phi) is 3.71. The minimum Gasteiger partial charge on any atom is -0.457 e. The van der Waals surface area contributed by atoms with Gasteiger partial charge in [-0.25, -0.2) is 0 Å². The Hall–Kier alpha value is -0.810. The van der Waals surface area contributed by atoms with Gasteiger partial charge in [0.25, 0.3) is 5.91 Å². The van der Waals surface area contributed by atoms with Crippen molar-refractivity contribution in [1.29, 1.82) is 0 Å². The number of furan rings is 1. The number of hydrogen-bond acceptors (Lipinski definition) is 3. The first-order valence-corrected chi connectivity index (χ1v) is 4.98. The van der Waals surface area contributed by atoms with Gasteiger partial charge in [-0.05, 0) is 28.9 Å². The van der Waals surface area contributed by atoms with E-state index >= 15 is 0 Å². The van der Waals surface area contributed by atoms with E-state index in [4.69, 9.17) is 9.52 Å². The molecule has 5 heteroatoms. The Balaban J connectivity index is 2.71. The number of likely N-dealkylation sites (N-methyl/N-ethyl adjacent to an activating group) is 1. The molecule has 0 fully saturated rings. The van der Waals surface area contributed by atoms with E-state index in [-0.39, 0.29) is 5.91 Å². The van der Waals surface area contributed by atoms with Crippen LogP contribution in [0.25, 0.3) is 0 Å². The van der Waals surface area contributed by atoms with Crippen molar-refractivity contribution in [2.45, 2.75) is 13.0 Å². The fourth-order valence-electron chi connectivity index (χ4n) is 1.13. The summed E-state index contributed by atoms with van der Waals surface area (Å²) in [5.41, 5.74) is 0.466. The molecule has 0 bridgehead atoms. The van der Waals surface area contributed by atoms with Gasteiger partial charge in [-0.1, -0.05) is 0 Å². The molecule has 1 rings (SSSR count). The van der Waals surface area contributed by atoms with Crippen LogP contribution < -0.4 is 0 Å². The van der Waals surface area contributed by atoms with Crippen LogP contribution in [0.3, 0.4) is 0 Å². The molecule has 0 radical (unpaired) electrons. The molecule has 1 unspecified atom stereocenters. The van der Waals surface area contributed by atoms with E-state index in [0.29, 0.717) is 16.8 Å². The van der Waals surface area contributed by atoms with Crippen LogP contribution in [0.4, 0.5) is 0 Å². The monoisotopic (exact) mass is 261 g/mol. The smallest absolute Gasteiger partial charge is 0.258 e. The van der Waals surface area contributed by atoms with E-state index in [1.807, 2.05) is 0 Å². The number of aliphatic hydroxyl groups is 1. The number of hydrogen-bond donors (Lipinski definition) is 1. The van der Waals surface area contributed by atoms with Gasteiger partial charge in [-0.15, -0.1) is 0 Å². The normalized spacial score (nSPS) is 12.6. The zero-order valence-electron chi connectivity index (χ0n) is 8.03. The molecule has 4 nitrogen and oxygen atoms in total. The second-order valence-electron chi connectivity index (χ2n) is 3.14. The predicted molar refractivity (Wildman–Crippen MR) is 55.0 cm³/mol. The van der Waals surface area contributed by atoms with Gasteiger partial charge in [0.1, 0.15) is 0 Å². The lowest BCUT2D eigenvalue weighted by Crippen LogP contribution is -2.32. The Labute approximate surface area is 90.6 Å². The molecular formula is C9H12BrNO3. The van der Waals surface area contributed by atoms with Gasteiger partial charge in [-0.3, -0.25) is 4.79 Å². The summed E-state index contributed by atoms with van der Waals surface area (Å²) in [4.78, 5) is 13.1. The summed E-state index contributed by atoms with van der Waals surface area (Å²) in [6, 6.07) is 1.59. The number of rotatable bonds is 3. The summed E-state index contributed by atoms with van der Waals surface area (Å²) in [6.07, 6.45) is 0.905. The van der Waals surface area contributed by atoms with Gasteiger partial charge < -0.3 is 14.4 Å². The maximum absolute atomic E-state index is 11.7. The molecule has 1 aromatic rings. The highest BCUT2D eigenvalue weighted by atomic mass is 79.9. The molecule has 0 aliphatic rings. The molecule has 0 aliphatic heterocycles. The molecule has 1 heterocycles. The molecular weight excluding hydrogens is 250 g/mol. The number of aliphatic hydroxyl groups excluding tert-OH is 1. The molecule has 1 atom stereocenters. The van der Waals surface area contributed by atoms with Crippen LogP contribution in [0.15, 0.2) is 21.4 Å². The molecule has 78 valence electrons. The van der Waals surface area contributed by atoms with Gasteiger partial charge in [-0.2, -0.15) is 0 Å². The molecule has 0 saturated heterocycles. The Morgan fingerprint density at radius 3 is 2.86 bits per heavy atom. The Bertz CT molecular complexity index is 322. The highest BCUT2D eigenvalue weighted by Gasteiger charge is 2.17. The van der Waals surface area contributed by atoms with Crippen molar-refractivity contribution in [1.82, 2.24) is 4.90 Å². The van der Waals surface area contributed by atoms with Crippen LogP contribution in [-0.2, 0) is 0 Å². The number of nitrogens with zero attached hydrogens (tertiary/aromatic N) is 1. The summed E-state index contributed by atoms with van der Waals surface area (Å²) in [7, 11) is 1.63. The topological polar surface area (TPSA) is 53.7 Å². The van der Waals surface area contributed by atoms with E-state index in [1.165, 1.54) is 11.2 Å². The summed E-state index contributed by atoms with van der Waals surface area (Å²) in [6.45, 7) is 1.94. The molecule has 14 heavy (non-hydrogen) atoms. The quantitative estimate of drug-likeness (QED) is 0.897. The molecule has 1 N–H and O–H groups in total. The van der Waals surface area contributed by atoms with Crippen LogP contribution in [0.5, 0.6) is 0 Å². The fraction of sp³-hybridized carbons (Fsp3) is 0.444. The van der Waals surface area contributed by atoms with Crippen LogP contribution >= 0.6 is 15.9 Å². The van der Waals surface area contributed by atoms with E-state index in [2.05, 4.69) is 15.9 Å². The lowest BCUT2D eigenvalue weighted by atomic mass is 10.3. The minimum atomic E-state index is -0.533. The molecule has 1 aromatic heterocycles. The van der Waals surface area contributed by atoms with Crippen LogP contribution in [0.2, 0.25) is 0 Å². The van der Waals surface area contributed by atoms with Crippen molar-refractivity contribution in [2.24, 2.45) is 0 Å². The first kappa shape index (κ1) is 11.3. The van der Waals surface area contributed by atoms with Crippen LogP contribution in [0.1, 0.15) is 17.3 Å². The number of carbonyl (C=O) groups is 1. The van der Waals surface area contributed by atoms with E-state index in [0.717, 1.165) is 0 Å². The van der Waals surface area contributed by atoms with Crippen LogP contribution in [0, 0.1) is 0 Å². The lowest BCUT2D eigenvalue weighted by molar-refractivity contribution is 0.0702. The molecule has 1 amide bonds. The van der Waals surface area contributed by atoms with Crippen molar-refractivity contribution < 1.29 is 14.3 Å². The maximum Gasteiger partial charge on any atom is 0.258 e.